The van der Waals surface area contributed by atoms with Crippen LogP contribution in [0.25, 0.3) is 26.8 Å². The van der Waals surface area contributed by atoms with Crippen molar-refractivity contribution in [2.24, 2.45) is 0 Å². The van der Waals surface area contributed by atoms with Gasteiger partial charge in [0.25, 0.3) is 0 Å². The number of benzene rings is 2. The van der Waals surface area contributed by atoms with Gasteiger partial charge in [-0.15, -0.1) is 11.3 Å². The molecule has 0 spiro atoms. The topological polar surface area (TPSA) is 74.3 Å². The molecule has 28 heavy (non-hydrogen) atoms. The number of nitrogens with zero attached hydrogens (tertiary/aromatic N) is 1. The van der Waals surface area contributed by atoms with Crippen molar-refractivity contribution in [3.63, 3.8) is 0 Å². The number of carbonyl (C=O) groups is 1. The minimum Gasteiger partial charge on any atom is -0.462 e. The van der Waals surface area contributed by atoms with Gasteiger partial charge in [-0.2, -0.15) is 0 Å². The number of para-hydroxylation sites is 1. The SMILES string of the molecule is CCOC(=O)c1sc2c(c1N)c(=O)c1ccccc1n2-c1ccc(Cl)cc1Cl. The second kappa shape index (κ2) is 7.13. The van der Waals surface area contributed by atoms with Gasteiger partial charge >= 0.3 is 5.97 Å². The number of nitrogen functional groups attached to an aromatic ring is 1. The lowest BCUT2D eigenvalue weighted by molar-refractivity contribution is 0.0533. The smallest absolute Gasteiger partial charge is 0.350 e. The van der Waals surface area contributed by atoms with E-state index in [0.717, 1.165) is 11.3 Å². The third-order valence-corrected chi connectivity index (χ3v) is 6.07. The van der Waals surface area contributed by atoms with Crippen molar-refractivity contribution >= 4 is 67.3 Å². The van der Waals surface area contributed by atoms with Crippen molar-refractivity contribution in [1.82, 2.24) is 4.57 Å². The molecule has 0 fully saturated rings. The number of pyridine rings is 1. The fourth-order valence-electron chi connectivity index (χ4n) is 3.16. The highest BCUT2D eigenvalue weighted by Crippen LogP contribution is 2.38. The number of thiophene rings is 1. The Morgan fingerprint density at radius 2 is 1.96 bits per heavy atom. The molecule has 0 aliphatic heterocycles. The van der Waals surface area contributed by atoms with Crippen LogP contribution in [0.4, 0.5) is 5.69 Å². The maximum absolute atomic E-state index is 13.1. The summed E-state index contributed by atoms with van der Waals surface area (Å²) in [4.78, 5) is 26.2. The van der Waals surface area contributed by atoms with Crippen molar-refractivity contribution in [2.75, 3.05) is 12.3 Å². The molecule has 0 saturated heterocycles. The minimum atomic E-state index is -0.557. The molecule has 2 heterocycles. The molecule has 0 saturated carbocycles. The summed E-state index contributed by atoms with van der Waals surface area (Å²) in [6.07, 6.45) is 0. The molecule has 2 aromatic heterocycles. The fraction of sp³-hybridized carbons (Fsp3) is 0.100. The zero-order valence-corrected chi connectivity index (χ0v) is 17.0. The Bertz CT molecular complexity index is 1310. The van der Waals surface area contributed by atoms with E-state index < -0.39 is 5.97 Å². The van der Waals surface area contributed by atoms with Crippen LogP contribution in [0.1, 0.15) is 16.6 Å². The number of halogens is 2. The standard InChI is InChI=1S/C20H14Cl2N2O3S/c1-2-27-20(26)18-16(23)15-17(25)11-5-3-4-6-13(11)24(19(15)28-18)14-8-7-10(21)9-12(14)22/h3-9H,2,23H2,1H3. The van der Waals surface area contributed by atoms with Crippen molar-refractivity contribution in [3.05, 3.63) is 67.6 Å². The molecule has 2 N–H and O–H groups in total. The van der Waals surface area contributed by atoms with Crippen LogP contribution in [0.2, 0.25) is 10.0 Å². The summed E-state index contributed by atoms with van der Waals surface area (Å²) in [6, 6.07) is 12.3. The average Bonchev–Trinajstić information content (AvgIpc) is 3.01. The zero-order valence-electron chi connectivity index (χ0n) is 14.7. The Kier molecular flexibility index (Phi) is 4.79. The van der Waals surface area contributed by atoms with Gasteiger partial charge < -0.3 is 10.5 Å². The zero-order chi connectivity index (χ0) is 20.0. The number of fused-ring (bicyclic) bond motifs is 2. The number of esters is 1. The maximum atomic E-state index is 13.1. The Morgan fingerprint density at radius 3 is 2.68 bits per heavy atom. The molecule has 0 aliphatic rings. The van der Waals surface area contributed by atoms with E-state index in [2.05, 4.69) is 0 Å². The summed E-state index contributed by atoms with van der Waals surface area (Å²) < 4.78 is 6.93. The van der Waals surface area contributed by atoms with Gasteiger partial charge in [0.15, 0.2) is 5.43 Å². The van der Waals surface area contributed by atoms with E-state index in [0.29, 0.717) is 31.5 Å². The van der Waals surface area contributed by atoms with Crippen LogP contribution in [-0.4, -0.2) is 17.1 Å². The predicted octanol–water partition coefficient (Wildman–Crippen LogP) is 5.27. The molecule has 5 nitrogen and oxygen atoms in total. The Morgan fingerprint density at radius 1 is 1.21 bits per heavy atom. The van der Waals surface area contributed by atoms with Crippen molar-refractivity contribution in [2.45, 2.75) is 6.92 Å². The van der Waals surface area contributed by atoms with Gasteiger partial charge in [0.2, 0.25) is 0 Å². The number of aromatic nitrogens is 1. The molecule has 0 aliphatic carbocycles. The Labute approximate surface area is 173 Å². The lowest BCUT2D eigenvalue weighted by atomic mass is 10.1. The Balaban J connectivity index is 2.20. The van der Waals surface area contributed by atoms with Crippen LogP contribution in [0.5, 0.6) is 0 Å². The second-order valence-electron chi connectivity index (χ2n) is 6.02. The summed E-state index contributed by atoms with van der Waals surface area (Å²) in [7, 11) is 0. The molecule has 0 unspecified atom stereocenters. The van der Waals surface area contributed by atoms with Gasteiger partial charge in [-0.3, -0.25) is 9.36 Å². The molecule has 2 aromatic carbocycles. The predicted molar refractivity (Wildman–Crippen MR) is 115 cm³/mol. The van der Waals surface area contributed by atoms with Crippen LogP contribution in [0.3, 0.4) is 0 Å². The van der Waals surface area contributed by atoms with Crippen LogP contribution in [0.15, 0.2) is 47.3 Å². The molecular weight excluding hydrogens is 419 g/mol. The van der Waals surface area contributed by atoms with Gasteiger partial charge in [0.05, 0.1) is 33.9 Å². The lowest BCUT2D eigenvalue weighted by Crippen LogP contribution is -2.10. The third-order valence-electron chi connectivity index (χ3n) is 4.36. The first-order valence-corrected chi connectivity index (χ1v) is 9.99. The number of carbonyl (C=O) groups excluding carboxylic acids is 1. The fourth-order valence-corrected chi connectivity index (χ4v) is 4.80. The highest BCUT2D eigenvalue weighted by atomic mass is 35.5. The summed E-state index contributed by atoms with van der Waals surface area (Å²) in [6.45, 7) is 1.92. The van der Waals surface area contributed by atoms with Gasteiger partial charge in [0.1, 0.15) is 9.71 Å². The van der Waals surface area contributed by atoms with Crippen molar-refractivity contribution in [3.8, 4) is 5.69 Å². The van der Waals surface area contributed by atoms with Gasteiger partial charge in [-0.05, 0) is 37.3 Å². The molecule has 0 atom stereocenters. The molecule has 8 heteroatoms. The first-order valence-electron chi connectivity index (χ1n) is 8.42. The lowest BCUT2D eigenvalue weighted by Gasteiger charge is -2.14. The average molecular weight is 433 g/mol. The molecule has 142 valence electrons. The van der Waals surface area contributed by atoms with Crippen LogP contribution in [0, 0.1) is 0 Å². The van der Waals surface area contributed by atoms with Gasteiger partial charge in [-0.1, -0.05) is 35.3 Å². The Hall–Kier alpha value is -2.54. The molecular formula is C20H14Cl2N2O3S. The van der Waals surface area contributed by atoms with Crippen molar-refractivity contribution in [1.29, 1.82) is 0 Å². The van der Waals surface area contributed by atoms with E-state index >= 15 is 0 Å². The van der Waals surface area contributed by atoms with Gasteiger partial charge in [-0.25, -0.2) is 4.79 Å². The monoisotopic (exact) mass is 432 g/mol. The highest BCUT2D eigenvalue weighted by molar-refractivity contribution is 7.21. The normalized spacial score (nSPS) is 11.2. The molecule has 0 bridgehead atoms. The third kappa shape index (κ3) is 2.85. The van der Waals surface area contributed by atoms with Crippen LogP contribution >= 0.6 is 34.5 Å². The summed E-state index contributed by atoms with van der Waals surface area (Å²) in [5.41, 5.74) is 7.37. The van der Waals surface area contributed by atoms with E-state index in [9.17, 15) is 9.59 Å². The first-order chi connectivity index (χ1) is 13.4. The van der Waals surface area contributed by atoms with E-state index in [1.54, 1.807) is 37.3 Å². The summed E-state index contributed by atoms with van der Waals surface area (Å²) in [5.74, 6) is -0.557. The van der Waals surface area contributed by atoms with E-state index in [1.807, 2.05) is 16.7 Å². The molecule has 4 aromatic rings. The number of anilines is 1. The van der Waals surface area contributed by atoms with Crippen LogP contribution < -0.4 is 11.2 Å². The van der Waals surface area contributed by atoms with Gasteiger partial charge in [0, 0.05) is 10.4 Å². The number of hydrogen-bond donors (Lipinski definition) is 1. The number of ether oxygens (including phenoxy) is 1. The summed E-state index contributed by atoms with van der Waals surface area (Å²) >= 11 is 13.6. The largest absolute Gasteiger partial charge is 0.462 e. The number of hydrogen-bond acceptors (Lipinski definition) is 5. The van der Waals surface area contributed by atoms with E-state index in [4.69, 9.17) is 33.7 Å². The highest BCUT2D eigenvalue weighted by Gasteiger charge is 2.24. The quantitative estimate of drug-likeness (QED) is 0.447. The molecule has 0 radical (unpaired) electrons. The number of nitrogens with two attached hydrogens (primary N) is 1. The maximum Gasteiger partial charge on any atom is 0.350 e. The summed E-state index contributed by atoms with van der Waals surface area (Å²) in [5, 5.41) is 1.65. The molecule has 0 amide bonds. The van der Waals surface area contributed by atoms with E-state index in [-0.39, 0.29) is 28.0 Å². The number of rotatable bonds is 3. The van der Waals surface area contributed by atoms with E-state index in [1.165, 1.54) is 0 Å². The minimum absolute atomic E-state index is 0.119. The molecule has 4 rings (SSSR count). The first kappa shape index (κ1) is 18.8. The second-order valence-corrected chi connectivity index (χ2v) is 7.87. The van der Waals surface area contributed by atoms with Crippen LogP contribution in [-0.2, 0) is 4.74 Å². The van der Waals surface area contributed by atoms with Crippen molar-refractivity contribution < 1.29 is 9.53 Å².